The Morgan fingerprint density at radius 1 is 1.59 bits per heavy atom. The third-order valence-electron chi connectivity index (χ3n) is 3.27. The molecule has 0 saturated carbocycles. The monoisotopic (exact) mass is 252 g/mol. The van der Waals surface area contributed by atoms with E-state index in [0.29, 0.717) is 19.0 Å². The van der Waals surface area contributed by atoms with Crippen molar-refractivity contribution in [2.24, 2.45) is 0 Å². The van der Waals surface area contributed by atoms with Crippen LogP contribution in [0.2, 0.25) is 0 Å². The minimum absolute atomic E-state index is 0.160. The van der Waals surface area contributed by atoms with Crippen LogP contribution in [0.4, 0.5) is 0 Å². The predicted molar refractivity (Wildman–Crippen MR) is 71.3 cm³/mol. The van der Waals surface area contributed by atoms with E-state index in [4.69, 9.17) is 0 Å². The van der Waals surface area contributed by atoms with Crippen molar-refractivity contribution in [3.05, 3.63) is 21.4 Å². The first kappa shape index (κ1) is 12.6. The summed E-state index contributed by atoms with van der Waals surface area (Å²) in [6.07, 6.45) is 2.94. The minimum atomic E-state index is 0.160. The lowest BCUT2D eigenvalue weighted by atomic mass is 10.1. The minimum Gasteiger partial charge on any atom is -0.351 e. The molecule has 1 atom stereocenters. The van der Waals surface area contributed by atoms with Gasteiger partial charge >= 0.3 is 0 Å². The molecule has 1 fully saturated rings. The second-order valence-corrected chi connectivity index (χ2v) is 6.07. The van der Waals surface area contributed by atoms with Gasteiger partial charge in [0.2, 0.25) is 5.91 Å². The van der Waals surface area contributed by atoms with E-state index in [1.807, 2.05) is 0 Å². The van der Waals surface area contributed by atoms with E-state index in [-0.39, 0.29) is 5.91 Å². The van der Waals surface area contributed by atoms with Gasteiger partial charge in [-0.3, -0.25) is 4.79 Å². The first-order valence-electron chi connectivity index (χ1n) is 6.21. The first-order chi connectivity index (χ1) is 8.15. The van der Waals surface area contributed by atoms with Crippen LogP contribution in [0, 0.1) is 13.8 Å². The standard InChI is InChI=1S/C13H20N2OS/c1-9-6-12(17-10(9)2)8-15-13(16)7-11-4-3-5-14-11/h6,11,14H,3-5,7-8H2,1-2H3,(H,15,16). The van der Waals surface area contributed by atoms with E-state index >= 15 is 0 Å². The molecule has 1 unspecified atom stereocenters. The van der Waals surface area contributed by atoms with Crippen LogP contribution >= 0.6 is 11.3 Å². The summed E-state index contributed by atoms with van der Waals surface area (Å²) >= 11 is 1.77. The molecule has 2 heterocycles. The fourth-order valence-corrected chi connectivity index (χ4v) is 3.14. The molecule has 3 nitrogen and oxygen atoms in total. The quantitative estimate of drug-likeness (QED) is 0.862. The largest absolute Gasteiger partial charge is 0.351 e. The lowest BCUT2D eigenvalue weighted by Crippen LogP contribution is -2.31. The molecule has 0 aromatic carbocycles. The number of rotatable bonds is 4. The molecule has 2 N–H and O–H groups in total. The van der Waals surface area contributed by atoms with Gasteiger partial charge in [-0.1, -0.05) is 0 Å². The van der Waals surface area contributed by atoms with E-state index < -0.39 is 0 Å². The molecule has 17 heavy (non-hydrogen) atoms. The number of carbonyl (C=O) groups is 1. The lowest BCUT2D eigenvalue weighted by molar-refractivity contribution is -0.121. The Balaban J connectivity index is 1.75. The van der Waals surface area contributed by atoms with Crippen molar-refractivity contribution in [1.29, 1.82) is 0 Å². The van der Waals surface area contributed by atoms with Crippen molar-refractivity contribution in [3.63, 3.8) is 0 Å². The highest BCUT2D eigenvalue weighted by molar-refractivity contribution is 7.12. The second kappa shape index (κ2) is 5.65. The molecule has 0 radical (unpaired) electrons. The maximum Gasteiger partial charge on any atom is 0.221 e. The third kappa shape index (κ3) is 3.54. The molecule has 0 aliphatic carbocycles. The Morgan fingerprint density at radius 3 is 3.00 bits per heavy atom. The number of carbonyl (C=O) groups excluding carboxylic acids is 1. The maximum atomic E-state index is 11.7. The predicted octanol–water partition coefficient (Wildman–Crippen LogP) is 2.12. The SMILES string of the molecule is Cc1cc(CNC(=O)CC2CCCN2)sc1C. The van der Waals surface area contributed by atoms with E-state index in [2.05, 4.69) is 30.5 Å². The van der Waals surface area contributed by atoms with Gasteiger partial charge in [-0.25, -0.2) is 0 Å². The highest BCUT2D eigenvalue weighted by Gasteiger charge is 2.17. The fourth-order valence-electron chi connectivity index (χ4n) is 2.15. The molecule has 94 valence electrons. The van der Waals surface area contributed by atoms with Gasteiger partial charge in [0.25, 0.3) is 0 Å². The molecule has 1 aliphatic rings. The Hall–Kier alpha value is -0.870. The average Bonchev–Trinajstić information content (AvgIpc) is 2.87. The molecule has 1 amide bonds. The van der Waals surface area contributed by atoms with Crippen molar-refractivity contribution >= 4 is 17.2 Å². The van der Waals surface area contributed by atoms with Gasteiger partial charge < -0.3 is 10.6 Å². The lowest BCUT2D eigenvalue weighted by Gasteiger charge is -2.09. The number of amides is 1. The number of thiophene rings is 1. The van der Waals surface area contributed by atoms with Crippen LogP contribution in [0.25, 0.3) is 0 Å². The Kier molecular flexibility index (Phi) is 4.18. The van der Waals surface area contributed by atoms with Crippen molar-refractivity contribution in [1.82, 2.24) is 10.6 Å². The molecule has 1 saturated heterocycles. The van der Waals surface area contributed by atoms with Crippen LogP contribution in [-0.2, 0) is 11.3 Å². The highest BCUT2D eigenvalue weighted by atomic mass is 32.1. The average molecular weight is 252 g/mol. The fraction of sp³-hybridized carbons (Fsp3) is 0.615. The Bertz CT molecular complexity index is 375. The van der Waals surface area contributed by atoms with Gasteiger partial charge in [0.05, 0.1) is 6.54 Å². The zero-order valence-corrected chi connectivity index (χ0v) is 11.3. The molecule has 1 aromatic rings. The van der Waals surface area contributed by atoms with Crippen LogP contribution in [0.1, 0.15) is 34.6 Å². The number of hydrogen-bond acceptors (Lipinski definition) is 3. The molecule has 0 spiro atoms. The summed E-state index contributed by atoms with van der Waals surface area (Å²) in [6.45, 7) is 5.96. The second-order valence-electron chi connectivity index (χ2n) is 4.73. The van der Waals surface area contributed by atoms with Crippen molar-refractivity contribution in [2.45, 2.75) is 45.7 Å². The summed E-state index contributed by atoms with van der Waals surface area (Å²) < 4.78 is 0. The van der Waals surface area contributed by atoms with Crippen LogP contribution in [0.3, 0.4) is 0 Å². The summed E-state index contributed by atoms with van der Waals surface area (Å²) in [7, 11) is 0. The third-order valence-corrected chi connectivity index (χ3v) is 4.42. The van der Waals surface area contributed by atoms with Gasteiger partial charge in [-0.05, 0) is 44.9 Å². The Labute approximate surface area is 107 Å². The van der Waals surface area contributed by atoms with Crippen LogP contribution < -0.4 is 10.6 Å². The molecule has 0 bridgehead atoms. The van der Waals surface area contributed by atoms with Gasteiger partial charge in [0, 0.05) is 22.2 Å². The van der Waals surface area contributed by atoms with Gasteiger partial charge in [-0.15, -0.1) is 11.3 Å². The summed E-state index contributed by atoms with van der Waals surface area (Å²) in [5.74, 6) is 0.160. The summed E-state index contributed by atoms with van der Waals surface area (Å²) in [6, 6.07) is 2.55. The zero-order chi connectivity index (χ0) is 12.3. The molecule has 1 aromatic heterocycles. The topological polar surface area (TPSA) is 41.1 Å². The van der Waals surface area contributed by atoms with E-state index in [0.717, 1.165) is 13.0 Å². The summed E-state index contributed by atoms with van der Waals surface area (Å²) in [5.41, 5.74) is 1.32. The van der Waals surface area contributed by atoms with Crippen molar-refractivity contribution in [3.8, 4) is 0 Å². The smallest absolute Gasteiger partial charge is 0.221 e. The Morgan fingerprint density at radius 2 is 2.41 bits per heavy atom. The molecule has 2 rings (SSSR count). The summed E-state index contributed by atoms with van der Waals surface area (Å²) in [4.78, 5) is 14.3. The highest BCUT2D eigenvalue weighted by Crippen LogP contribution is 2.20. The maximum absolute atomic E-state index is 11.7. The molecule has 4 heteroatoms. The zero-order valence-electron chi connectivity index (χ0n) is 10.5. The molecule has 1 aliphatic heterocycles. The van der Waals surface area contributed by atoms with Crippen molar-refractivity contribution < 1.29 is 4.79 Å². The first-order valence-corrected chi connectivity index (χ1v) is 7.03. The van der Waals surface area contributed by atoms with E-state index in [1.165, 1.54) is 21.7 Å². The summed E-state index contributed by atoms with van der Waals surface area (Å²) in [5, 5.41) is 6.34. The van der Waals surface area contributed by atoms with Crippen LogP contribution in [0.5, 0.6) is 0 Å². The van der Waals surface area contributed by atoms with E-state index in [9.17, 15) is 4.79 Å². The number of hydrogen-bond donors (Lipinski definition) is 2. The molecular weight excluding hydrogens is 232 g/mol. The van der Waals surface area contributed by atoms with Gasteiger partial charge in [-0.2, -0.15) is 0 Å². The van der Waals surface area contributed by atoms with E-state index in [1.54, 1.807) is 11.3 Å². The van der Waals surface area contributed by atoms with Gasteiger partial charge in [0.1, 0.15) is 0 Å². The van der Waals surface area contributed by atoms with Gasteiger partial charge in [0.15, 0.2) is 0 Å². The van der Waals surface area contributed by atoms with Crippen LogP contribution in [0.15, 0.2) is 6.07 Å². The number of nitrogens with one attached hydrogen (secondary N) is 2. The number of aryl methyl sites for hydroxylation is 2. The van der Waals surface area contributed by atoms with Crippen molar-refractivity contribution in [2.75, 3.05) is 6.54 Å². The normalized spacial score (nSPS) is 19.5. The van der Waals surface area contributed by atoms with Crippen LogP contribution in [-0.4, -0.2) is 18.5 Å². The molecular formula is C13H20N2OS.